The molecule has 1 aromatic rings. The second-order valence-electron chi connectivity index (χ2n) is 5.05. The third-order valence-corrected chi connectivity index (χ3v) is 4.23. The van der Waals surface area contributed by atoms with E-state index in [1.165, 1.54) is 6.42 Å². The molecule has 1 saturated heterocycles. The number of piperidine rings is 1. The predicted octanol–water partition coefficient (Wildman–Crippen LogP) is 3.96. The fraction of sp³-hybridized carbons (Fsp3) is 0.571. The number of hydrogen-bond acceptors (Lipinski definition) is 3. The van der Waals surface area contributed by atoms with Gasteiger partial charge < -0.3 is 4.90 Å². The summed E-state index contributed by atoms with van der Waals surface area (Å²) in [7, 11) is 0. The molecule has 0 N–H and O–H groups in total. The molecular weight excluding hydrogens is 264 g/mol. The van der Waals surface area contributed by atoms with E-state index in [2.05, 4.69) is 11.8 Å². The first-order chi connectivity index (χ1) is 9.15. The van der Waals surface area contributed by atoms with Gasteiger partial charge in [0.05, 0.1) is 4.92 Å². The largest absolute Gasteiger partial charge is 0.366 e. The molecule has 0 radical (unpaired) electrons. The van der Waals surface area contributed by atoms with Crippen LogP contribution in [0.3, 0.4) is 0 Å². The Morgan fingerprint density at radius 1 is 1.42 bits per heavy atom. The SMILES string of the molecule is CCC1CCN(c2ccc(CCl)cc2[N+](=O)[O-])CC1. The van der Waals surface area contributed by atoms with E-state index in [1.54, 1.807) is 6.07 Å². The van der Waals surface area contributed by atoms with Gasteiger partial charge in [0, 0.05) is 25.0 Å². The van der Waals surface area contributed by atoms with Crippen molar-refractivity contribution < 1.29 is 4.92 Å². The summed E-state index contributed by atoms with van der Waals surface area (Å²) < 4.78 is 0. The molecule has 2 rings (SSSR count). The van der Waals surface area contributed by atoms with Crippen LogP contribution in [-0.2, 0) is 5.88 Å². The number of halogens is 1. The predicted molar refractivity (Wildman–Crippen MR) is 77.9 cm³/mol. The third kappa shape index (κ3) is 3.18. The van der Waals surface area contributed by atoms with E-state index < -0.39 is 0 Å². The van der Waals surface area contributed by atoms with Gasteiger partial charge in [-0.15, -0.1) is 11.6 Å². The van der Waals surface area contributed by atoms with E-state index in [-0.39, 0.29) is 10.6 Å². The highest BCUT2D eigenvalue weighted by molar-refractivity contribution is 6.17. The van der Waals surface area contributed by atoms with Crippen LogP contribution in [0, 0.1) is 16.0 Å². The number of nitro benzene ring substituents is 1. The molecule has 1 fully saturated rings. The molecular formula is C14H19ClN2O2. The minimum atomic E-state index is -0.308. The molecule has 19 heavy (non-hydrogen) atoms. The van der Waals surface area contributed by atoms with Gasteiger partial charge in [0.2, 0.25) is 0 Å². The number of anilines is 1. The molecule has 0 saturated carbocycles. The Kier molecular flexibility index (Phi) is 4.64. The smallest absolute Gasteiger partial charge is 0.292 e. The lowest BCUT2D eigenvalue weighted by Crippen LogP contribution is -2.33. The van der Waals surface area contributed by atoms with Gasteiger partial charge in [0.1, 0.15) is 5.69 Å². The van der Waals surface area contributed by atoms with Crippen LogP contribution in [0.2, 0.25) is 0 Å². The van der Waals surface area contributed by atoms with Crippen LogP contribution in [0.25, 0.3) is 0 Å². The summed E-state index contributed by atoms with van der Waals surface area (Å²) in [4.78, 5) is 13.0. The average Bonchev–Trinajstić information content (AvgIpc) is 2.46. The molecule has 0 aliphatic carbocycles. The second-order valence-corrected chi connectivity index (χ2v) is 5.32. The molecule has 104 valence electrons. The second kappa shape index (κ2) is 6.24. The standard InChI is InChI=1S/C14H19ClN2O2/c1-2-11-5-7-16(8-6-11)13-4-3-12(10-15)9-14(13)17(18)19/h3-4,9,11H,2,5-8,10H2,1H3. The summed E-state index contributed by atoms with van der Waals surface area (Å²) in [6.45, 7) is 4.01. The summed E-state index contributed by atoms with van der Waals surface area (Å²) in [5, 5.41) is 11.2. The van der Waals surface area contributed by atoms with Gasteiger partial charge in [-0.25, -0.2) is 0 Å². The fourth-order valence-electron chi connectivity index (χ4n) is 2.65. The summed E-state index contributed by atoms with van der Waals surface area (Å²) in [6.07, 6.45) is 3.43. The molecule has 0 bridgehead atoms. The molecule has 0 unspecified atom stereocenters. The van der Waals surface area contributed by atoms with Crippen LogP contribution in [0.4, 0.5) is 11.4 Å². The molecule has 5 heteroatoms. The summed E-state index contributed by atoms with van der Waals surface area (Å²) in [5.41, 5.74) is 1.70. The fourth-order valence-corrected chi connectivity index (χ4v) is 2.81. The first kappa shape index (κ1) is 14.1. The number of hydrogen-bond donors (Lipinski definition) is 0. The van der Waals surface area contributed by atoms with Crippen molar-refractivity contribution in [3.05, 3.63) is 33.9 Å². The molecule has 0 spiro atoms. The minimum Gasteiger partial charge on any atom is -0.366 e. The zero-order valence-corrected chi connectivity index (χ0v) is 11.9. The lowest BCUT2D eigenvalue weighted by Gasteiger charge is -2.32. The van der Waals surface area contributed by atoms with Crippen LogP contribution >= 0.6 is 11.6 Å². The quantitative estimate of drug-likeness (QED) is 0.477. The van der Waals surface area contributed by atoms with Gasteiger partial charge in [0.15, 0.2) is 0 Å². The Morgan fingerprint density at radius 3 is 2.63 bits per heavy atom. The Hall–Kier alpha value is -1.29. The molecule has 1 aliphatic rings. The van der Waals surface area contributed by atoms with Crippen molar-refractivity contribution in [1.82, 2.24) is 0 Å². The number of nitro groups is 1. The van der Waals surface area contributed by atoms with E-state index >= 15 is 0 Å². The van der Waals surface area contributed by atoms with E-state index in [1.807, 2.05) is 12.1 Å². The Bertz CT molecular complexity index is 457. The van der Waals surface area contributed by atoms with Crippen molar-refractivity contribution in [2.24, 2.45) is 5.92 Å². The van der Waals surface area contributed by atoms with Crippen LogP contribution in [-0.4, -0.2) is 18.0 Å². The minimum absolute atomic E-state index is 0.174. The topological polar surface area (TPSA) is 46.4 Å². The van der Waals surface area contributed by atoms with Gasteiger partial charge >= 0.3 is 0 Å². The first-order valence-electron chi connectivity index (χ1n) is 6.74. The van der Waals surface area contributed by atoms with E-state index in [0.29, 0.717) is 5.88 Å². The van der Waals surface area contributed by atoms with Crippen LogP contribution in [0.15, 0.2) is 18.2 Å². The van der Waals surface area contributed by atoms with Gasteiger partial charge in [-0.1, -0.05) is 19.4 Å². The van der Waals surface area contributed by atoms with Crippen LogP contribution in [0.5, 0.6) is 0 Å². The number of nitrogens with zero attached hydrogens (tertiary/aromatic N) is 2. The van der Waals surface area contributed by atoms with E-state index in [9.17, 15) is 10.1 Å². The maximum Gasteiger partial charge on any atom is 0.292 e. The van der Waals surface area contributed by atoms with Gasteiger partial charge in [-0.2, -0.15) is 0 Å². The number of benzene rings is 1. The lowest BCUT2D eigenvalue weighted by atomic mass is 9.94. The number of rotatable bonds is 4. The Labute approximate surface area is 118 Å². The Balaban J connectivity index is 2.22. The van der Waals surface area contributed by atoms with E-state index in [0.717, 1.165) is 43.1 Å². The molecule has 0 amide bonds. The maximum atomic E-state index is 11.2. The van der Waals surface area contributed by atoms with Gasteiger partial charge in [0.25, 0.3) is 5.69 Å². The summed E-state index contributed by atoms with van der Waals surface area (Å²) in [6, 6.07) is 5.30. The van der Waals surface area contributed by atoms with Crippen molar-refractivity contribution >= 4 is 23.0 Å². The highest BCUT2D eigenvalue weighted by atomic mass is 35.5. The monoisotopic (exact) mass is 282 g/mol. The van der Waals surface area contributed by atoms with E-state index in [4.69, 9.17) is 11.6 Å². The summed E-state index contributed by atoms with van der Waals surface area (Å²) >= 11 is 5.74. The van der Waals surface area contributed by atoms with Gasteiger partial charge in [-0.05, 0) is 30.4 Å². The van der Waals surface area contributed by atoms with Crippen molar-refractivity contribution in [3.8, 4) is 0 Å². The molecule has 0 atom stereocenters. The zero-order valence-electron chi connectivity index (χ0n) is 11.1. The zero-order chi connectivity index (χ0) is 13.8. The van der Waals surface area contributed by atoms with Crippen LogP contribution in [0.1, 0.15) is 31.7 Å². The molecule has 1 aliphatic heterocycles. The molecule has 1 heterocycles. The third-order valence-electron chi connectivity index (χ3n) is 3.92. The summed E-state index contributed by atoms with van der Waals surface area (Å²) in [5.74, 6) is 1.07. The normalized spacial score (nSPS) is 16.6. The van der Waals surface area contributed by atoms with Crippen LogP contribution < -0.4 is 4.90 Å². The molecule has 4 nitrogen and oxygen atoms in total. The van der Waals surface area contributed by atoms with Gasteiger partial charge in [-0.3, -0.25) is 10.1 Å². The first-order valence-corrected chi connectivity index (χ1v) is 7.27. The highest BCUT2D eigenvalue weighted by Crippen LogP contribution is 2.33. The lowest BCUT2D eigenvalue weighted by molar-refractivity contribution is -0.384. The highest BCUT2D eigenvalue weighted by Gasteiger charge is 2.24. The average molecular weight is 283 g/mol. The van der Waals surface area contributed by atoms with Crippen molar-refractivity contribution in [1.29, 1.82) is 0 Å². The van der Waals surface area contributed by atoms with Crippen molar-refractivity contribution in [2.75, 3.05) is 18.0 Å². The maximum absolute atomic E-state index is 11.2. The Morgan fingerprint density at radius 2 is 2.11 bits per heavy atom. The number of alkyl halides is 1. The van der Waals surface area contributed by atoms with Crippen molar-refractivity contribution in [2.45, 2.75) is 32.1 Å². The van der Waals surface area contributed by atoms with Crippen molar-refractivity contribution in [3.63, 3.8) is 0 Å². The molecule has 0 aromatic heterocycles. The molecule has 1 aromatic carbocycles.